The van der Waals surface area contributed by atoms with Crippen LogP contribution in [0.4, 0.5) is 37.7 Å². The van der Waals surface area contributed by atoms with Crippen LogP contribution in [0.15, 0.2) is 237 Å². The molecule has 33 heteroatoms. The summed E-state index contributed by atoms with van der Waals surface area (Å²) in [7, 11) is -1.30. The Morgan fingerprint density at radius 3 is 1.21 bits per heavy atom. The number of halogens is 10. The van der Waals surface area contributed by atoms with Gasteiger partial charge in [-0.2, -0.15) is 31.6 Å². The Kier molecular flexibility index (Phi) is 33.0. The molecule has 0 aliphatic carbocycles. The maximum Gasteiger partial charge on any atom is 0.494 e. The number of aliphatic hydroxyl groups is 2. The molecule has 3 saturated heterocycles. The summed E-state index contributed by atoms with van der Waals surface area (Å²) in [5.74, 6) is -7.69. The molecule has 10 aromatic carbocycles. The lowest BCUT2D eigenvalue weighted by Gasteiger charge is -2.32. The molecule has 642 valence electrons. The third-order valence-corrected chi connectivity index (χ3v) is 22.9. The summed E-state index contributed by atoms with van der Waals surface area (Å²) in [5, 5.41) is 47.1. The van der Waals surface area contributed by atoms with Crippen molar-refractivity contribution < 1.29 is 93.5 Å². The Bertz CT molecular complexity index is 5860. The fraction of sp³-hybridized carbons (Fsp3) is 0.264. The number of aromatic carboxylic acids is 1. The third kappa shape index (κ3) is 26.2. The molecule has 2 unspecified atom stereocenters. The second-order valence-electron chi connectivity index (χ2n) is 31.4. The standard InChI is InChI=1S/C18H14N2O.C17H18BNO2.C12H24B2O4.C11H8BrNO.C11H6BrN.C11H7BrO2.C7H8BrNO.C4F6O3/c1-12(21)17-7-8-20-11-18(17)15-4-3-14-10-16(19-2)6-5-13(14)9-15;1-16(2)17(3,4)21-18(20-16)14-8-6-13-11-15(19-5)9-7-12(13)10-14;1-9(2)10(3,4)16-13(15-9)14-17-11(5,6)12(7,8)18-14;12-10-4-3-7-5-9(11(13)14)2-1-8(7)6-10;12-11-4-3-9-5-8(7-13)1-2-10(9)6-11;12-10-4-3-7-5-9(11(13)14)2-1-8(7)6-10;1-5(10)6-2-3-9-4-7(6)8;5-3(6,7)1(11)13-2(12)4(8,9)10/h3-12,21H,1H3;6-11H,1-4H3;1-8H3;1-6H,(H2,13,14);1-6H;1-6H,(H,13,14);2-5,10H,1H3;. The number of alkyl halides is 6. The molecule has 5 N–H and O–H groups in total. The first-order valence-corrected chi connectivity index (χ1v) is 41.2. The highest BCUT2D eigenvalue weighted by Gasteiger charge is 2.64. The van der Waals surface area contributed by atoms with E-state index < -0.39 is 62.4 Å². The minimum absolute atomic E-state index is 0.319. The Balaban J connectivity index is 0.000000178. The van der Waals surface area contributed by atoms with Gasteiger partial charge in [0.25, 0.3) is 0 Å². The average molecular weight is 1950 g/mol. The molecule has 12 aromatic rings. The molecule has 2 atom stereocenters. The second-order valence-corrected chi connectivity index (χ2v) is 35.0. The molecule has 0 spiro atoms. The fourth-order valence-electron chi connectivity index (χ4n) is 11.9. The number of esters is 2. The summed E-state index contributed by atoms with van der Waals surface area (Å²) >= 11 is 13.4. The van der Waals surface area contributed by atoms with E-state index >= 15 is 0 Å². The van der Waals surface area contributed by atoms with Crippen LogP contribution in [0.5, 0.6) is 0 Å². The number of carbonyl (C=O) groups is 4. The van der Waals surface area contributed by atoms with Crippen molar-refractivity contribution in [1.82, 2.24) is 9.97 Å². The Morgan fingerprint density at radius 2 is 0.806 bits per heavy atom. The zero-order chi connectivity index (χ0) is 92.0. The highest BCUT2D eigenvalue weighted by Crippen LogP contribution is 2.44. The molecule has 3 fully saturated rings. The number of nitrogens with two attached hydrogens (primary N) is 1. The SMILES string of the molecule is CC(O)c1ccncc1Br.CC1(C)OB(B2OC(C)(C)C(C)(C)O2)OC1(C)C.N#Cc1ccc2cc(Br)ccc2c1.NC(=O)c1ccc2cc(Br)ccc2c1.O=C(O)c1ccc2cc(Br)ccc2c1.O=C(OC(=O)C(F)(F)F)C(F)(F)F.[C-]#[N+]c1ccc2cc(-c3cnccc3C(C)O)ccc2c1.[C-]#[N+]c1ccc2cc(B3OC(C)(C)C(C)(C)O3)ccc2c1. The Morgan fingerprint density at radius 1 is 0.460 bits per heavy atom. The quantitative estimate of drug-likeness (QED) is 0.0379. The van der Waals surface area contributed by atoms with Gasteiger partial charge >= 0.3 is 51.4 Å². The van der Waals surface area contributed by atoms with Gasteiger partial charge in [-0.3, -0.25) is 14.8 Å². The lowest BCUT2D eigenvalue weighted by atomic mass is 9.49. The normalized spacial score (nSPS) is 15.8. The molecule has 0 radical (unpaired) electrons. The first-order chi connectivity index (χ1) is 57.8. The Labute approximate surface area is 748 Å². The summed E-state index contributed by atoms with van der Waals surface area (Å²) in [4.78, 5) is 55.9. The van der Waals surface area contributed by atoms with Gasteiger partial charge in [0.05, 0.1) is 76.2 Å². The molecule has 124 heavy (non-hydrogen) atoms. The van der Waals surface area contributed by atoms with E-state index in [1.54, 1.807) is 69.0 Å². The monoisotopic (exact) mass is 1950 g/mol. The number of hydrogen-bond acceptors (Lipinski definition) is 16. The van der Waals surface area contributed by atoms with Gasteiger partial charge < -0.3 is 53.7 Å². The number of pyridine rings is 2. The van der Waals surface area contributed by atoms with Crippen molar-refractivity contribution in [1.29, 1.82) is 5.26 Å². The number of primary amides is 1. The first kappa shape index (κ1) is 99.2. The minimum atomic E-state index is -5.62. The number of aromatic nitrogens is 2. The number of carboxylic acid groups (broad SMARTS) is 1. The third-order valence-electron chi connectivity index (χ3n) is 20.8. The average Bonchev–Trinajstić information content (AvgIpc) is 1.60. The number of ether oxygens (including phenoxy) is 1. The summed E-state index contributed by atoms with van der Waals surface area (Å²) in [6.07, 6.45) is -5.43. The van der Waals surface area contributed by atoms with E-state index in [0.29, 0.717) is 28.1 Å². The van der Waals surface area contributed by atoms with Crippen LogP contribution < -0.4 is 11.2 Å². The number of benzene rings is 10. The van der Waals surface area contributed by atoms with Crippen molar-refractivity contribution in [2.45, 2.75) is 155 Å². The van der Waals surface area contributed by atoms with Crippen LogP contribution >= 0.6 is 63.7 Å². The number of carboxylic acids is 1. The lowest BCUT2D eigenvalue weighted by Crippen LogP contribution is -2.41. The molecule has 2 aromatic heterocycles. The van der Waals surface area contributed by atoms with Crippen LogP contribution in [0, 0.1) is 24.5 Å². The number of amides is 1. The maximum absolute atomic E-state index is 11.2. The van der Waals surface area contributed by atoms with Gasteiger partial charge in [0.2, 0.25) is 5.91 Å². The molecule has 15 rings (SSSR count). The molecule has 5 heterocycles. The van der Waals surface area contributed by atoms with Gasteiger partial charge in [0, 0.05) is 53.8 Å². The van der Waals surface area contributed by atoms with Crippen LogP contribution in [0.3, 0.4) is 0 Å². The van der Waals surface area contributed by atoms with E-state index in [1.807, 2.05) is 207 Å². The molecule has 0 saturated carbocycles. The van der Waals surface area contributed by atoms with Crippen LogP contribution in [0.1, 0.15) is 147 Å². The van der Waals surface area contributed by atoms with Crippen LogP contribution in [-0.4, -0.2) is 116 Å². The number of hydrogen-bond donors (Lipinski definition) is 4. The molecule has 3 aliphatic heterocycles. The molecule has 3 aliphatic rings. The number of fused-ring (bicyclic) bond motifs is 5. The van der Waals surface area contributed by atoms with Gasteiger partial charge in [-0.25, -0.2) is 24.1 Å². The molecular formula is C91H85B3Br4F6N6O14. The number of nitrogens with zero attached hydrogens (tertiary/aromatic N) is 5. The van der Waals surface area contributed by atoms with Crippen molar-refractivity contribution in [3.63, 3.8) is 0 Å². The molecular weight excluding hydrogens is 1870 g/mol. The molecule has 20 nitrogen and oxygen atoms in total. The molecule has 1 amide bonds. The van der Waals surface area contributed by atoms with E-state index in [-0.39, 0.29) is 40.7 Å². The summed E-state index contributed by atoms with van der Waals surface area (Å²) in [6.45, 7) is 42.0. The number of aliphatic hydroxyl groups excluding tert-OH is 2. The number of carbonyl (C=O) groups excluding carboxylic acids is 3. The van der Waals surface area contributed by atoms with Crippen molar-refractivity contribution in [2.75, 3.05) is 0 Å². The van der Waals surface area contributed by atoms with E-state index in [4.69, 9.17) is 62.3 Å². The minimum Gasteiger partial charge on any atom is -0.478 e. The van der Waals surface area contributed by atoms with Crippen molar-refractivity contribution >= 4 is 179 Å². The smallest absolute Gasteiger partial charge is 0.478 e. The van der Waals surface area contributed by atoms with E-state index in [1.165, 1.54) is 0 Å². The fourth-order valence-corrected chi connectivity index (χ4v) is 13.6. The van der Waals surface area contributed by atoms with Crippen LogP contribution in [0.25, 0.3) is 74.7 Å². The van der Waals surface area contributed by atoms with Crippen molar-refractivity contribution in [2.24, 2.45) is 5.73 Å². The highest BCUT2D eigenvalue weighted by atomic mass is 79.9. The predicted molar refractivity (Wildman–Crippen MR) is 483 cm³/mol. The number of rotatable bonds is 7. The highest BCUT2D eigenvalue weighted by molar-refractivity contribution is 9.11. The predicted octanol–water partition coefficient (Wildman–Crippen LogP) is 23.0. The van der Waals surface area contributed by atoms with Gasteiger partial charge in [0.1, 0.15) is 0 Å². The van der Waals surface area contributed by atoms with Crippen LogP contribution in [-0.2, 0) is 42.3 Å². The lowest BCUT2D eigenvalue weighted by molar-refractivity contribution is -0.221. The first-order valence-electron chi connectivity index (χ1n) is 38.0. The topological polar surface area (TPSA) is 278 Å². The summed E-state index contributed by atoms with van der Waals surface area (Å²) in [5.41, 5.74) is 10.6. The maximum atomic E-state index is 11.2. The van der Waals surface area contributed by atoms with E-state index in [2.05, 4.69) is 134 Å². The van der Waals surface area contributed by atoms with E-state index in [9.17, 15) is 50.6 Å². The van der Waals surface area contributed by atoms with Gasteiger partial charge in [0.15, 0.2) is 11.4 Å². The zero-order valence-electron chi connectivity index (χ0n) is 69.6. The number of nitriles is 1. The van der Waals surface area contributed by atoms with E-state index in [0.717, 1.165) is 99.5 Å². The second kappa shape index (κ2) is 41.2. The van der Waals surface area contributed by atoms with Crippen LogP contribution in [0.2, 0.25) is 0 Å². The van der Waals surface area contributed by atoms with Gasteiger partial charge in [-0.1, -0.05) is 139 Å². The van der Waals surface area contributed by atoms with Gasteiger partial charge in [-0.15, -0.1) is 0 Å². The zero-order valence-corrected chi connectivity index (χ0v) is 75.9. The summed E-state index contributed by atoms with van der Waals surface area (Å²) in [6, 6.07) is 63.1. The summed E-state index contributed by atoms with van der Waals surface area (Å²) < 4.78 is 110. The molecule has 0 bridgehead atoms. The van der Waals surface area contributed by atoms with Crippen molar-refractivity contribution in [3.8, 4) is 17.2 Å². The van der Waals surface area contributed by atoms with Gasteiger partial charge in [-0.05, 0) is 292 Å². The Hall–Kier alpha value is -10.3. The van der Waals surface area contributed by atoms with Crippen molar-refractivity contribution in [3.05, 3.63) is 287 Å². The largest absolute Gasteiger partial charge is 0.494 e.